The number of rotatable bonds is 3. The highest BCUT2D eigenvalue weighted by Crippen LogP contribution is 2.33. The highest BCUT2D eigenvalue weighted by molar-refractivity contribution is 7.09. The van der Waals surface area contributed by atoms with Crippen molar-refractivity contribution >= 4 is 29.2 Å². The molecule has 204 valence electrons. The Labute approximate surface area is 220 Å². The highest BCUT2D eigenvalue weighted by Gasteiger charge is 2.42. The number of cyclic esters (lactones) is 1. The number of aromatic nitrogens is 1. The number of methoxy groups -OCH3 is 1. The van der Waals surface area contributed by atoms with Crippen LogP contribution in [0.4, 0.5) is 0 Å². The number of aryl methyl sites for hydroxylation is 1. The van der Waals surface area contributed by atoms with Crippen LogP contribution in [0.1, 0.15) is 84.3 Å². The number of hydrogen-bond acceptors (Lipinski definition) is 8. The van der Waals surface area contributed by atoms with Gasteiger partial charge in [-0.1, -0.05) is 41.0 Å². The Morgan fingerprint density at radius 2 is 1.83 bits per heavy atom. The van der Waals surface area contributed by atoms with E-state index >= 15 is 0 Å². The SMILES string of the molecule is CO[C@H]1C[C@@H](C(C)=Cc2csc(C)n2)OC(=O)CC(O)C(C)(C)C(=O)[C@H](C)[C@@H](O)[C@@H](C)CCC[C@@H]1C. The summed E-state index contributed by atoms with van der Waals surface area (Å²) in [7, 11) is 1.67. The average molecular weight is 524 g/mol. The van der Waals surface area contributed by atoms with E-state index in [1.165, 1.54) is 0 Å². The molecular weight excluding hydrogens is 478 g/mol. The van der Waals surface area contributed by atoms with Gasteiger partial charge < -0.3 is 19.7 Å². The molecule has 0 amide bonds. The number of thiazole rings is 1. The van der Waals surface area contributed by atoms with E-state index in [0.29, 0.717) is 6.42 Å². The topological polar surface area (TPSA) is 106 Å². The molecule has 7 nitrogen and oxygen atoms in total. The van der Waals surface area contributed by atoms with E-state index in [1.54, 1.807) is 39.2 Å². The summed E-state index contributed by atoms with van der Waals surface area (Å²) in [6.07, 6.45) is 1.88. The summed E-state index contributed by atoms with van der Waals surface area (Å²) in [5.74, 6) is -1.36. The van der Waals surface area contributed by atoms with Gasteiger partial charge in [-0.25, -0.2) is 4.98 Å². The minimum atomic E-state index is -1.24. The van der Waals surface area contributed by atoms with Gasteiger partial charge in [0, 0.05) is 24.8 Å². The van der Waals surface area contributed by atoms with Gasteiger partial charge in [-0.05, 0) is 50.2 Å². The molecule has 1 fully saturated rings. The van der Waals surface area contributed by atoms with Crippen LogP contribution < -0.4 is 0 Å². The summed E-state index contributed by atoms with van der Waals surface area (Å²) in [5, 5.41) is 24.7. The lowest BCUT2D eigenvalue weighted by molar-refractivity contribution is -0.155. The first-order chi connectivity index (χ1) is 16.8. The Morgan fingerprint density at radius 3 is 2.42 bits per heavy atom. The lowest BCUT2D eigenvalue weighted by atomic mass is 9.73. The summed E-state index contributed by atoms with van der Waals surface area (Å²) < 4.78 is 11.7. The molecule has 1 aromatic rings. The third kappa shape index (κ3) is 7.94. The molecule has 1 aromatic heterocycles. The minimum absolute atomic E-state index is 0.0672. The van der Waals surface area contributed by atoms with Crippen LogP contribution in [0.3, 0.4) is 0 Å². The van der Waals surface area contributed by atoms with Gasteiger partial charge in [-0.15, -0.1) is 11.3 Å². The molecule has 8 heteroatoms. The molecule has 0 aromatic carbocycles. The zero-order valence-corrected chi connectivity index (χ0v) is 23.9. The number of Topliss-reactive ketones (excluding diaryl/α,β-unsaturated/α-hetero) is 1. The third-order valence-corrected chi connectivity index (χ3v) is 8.63. The number of ether oxygens (including phenoxy) is 2. The molecule has 36 heavy (non-hydrogen) atoms. The van der Waals surface area contributed by atoms with Crippen LogP contribution in [0.2, 0.25) is 0 Å². The first-order valence-corrected chi connectivity index (χ1v) is 13.9. The average Bonchev–Trinajstić information content (AvgIpc) is 3.23. The quantitative estimate of drug-likeness (QED) is 0.539. The number of aliphatic hydroxyl groups is 2. The van der Waals surface area contributed by atoms with Crippen LogP contribution in [0.15, 0.2) is 11.0 Å². The van der Waals surface area contributed by atoms with E-state index in [4.69, 9.17) is 9.47 Å². The molecular formula is C28H45NO6S. The second-order valence-electron chi connectivity index (χ2n) is 11.1. The maximum atomic E-state index is 13.2. The smallest absolute Gasteiger partial charge is 0.309 e. The molecule has 1 unspecified atom stereocenters. The van der Waals surface area contributed by atoms with Crippen molar-refractivity contribution in [3.8, 4) is 0 Å². The van der Waals surface area contributed by atoms with Crippen molar-refractivity contribution in [1.82, 2.24) is 4.98 Å². The van der Waals surface area contributed by atoms with Gasteiger partial charge in [0.25, 0.3) is 0 Å². The molecule has 2 N–H and O–H groups in total. The number of esters is 1. The summed E-state index contributed by atoms with van der Waals surface area (Å²) in [4.78, 5) is 30.7. The Balaban J connectivity index is 2.37. The van der Waals surface area contributed by atoms with E-state index in [9.17, 15) is 19.8 Å². The van der Waals surface area contributed by atoms with Crippen LogP contribution in [-0.2, 0) is 19.1 Å². The van der Waals surface area contributed by atoms with Crippen molar-refractivity contribution < 1.29 is 29.3 Å². The van der Waals surface area contributed by atoms with E-state index in [2.05, 4.69) is 11.9 Å². The van der Waals surface area contributed by atoms with E-state index in [1.807, 2.05) is 32.2 Å². The van der Waals surface area contributed by atoms with Crippen LogP contribution in [0.5, 0.6) is 0 Å². The van der Waals surface area contributed by atoms with Crippen molar-refractivity contribution in [2.24, 2.45) is 23.2 Å². The molecule has 2 rings (SSSR count). The number of hydrogen-bond donors (Lipinski definition) is 2. The predicted molar refractivity (Wildman–Crippen MR) is 143 cm³/mol. The Hall–Kier alpha value is -1.61. The minimum Gasteiger partial charge on any atom is -0.458 e. The van der Waals surface area contributed by atoms with Crippen LogP contribution >= 0.6 is 11.3 Å². The molecule has 1 aliphatic heterocycles. The molecule has 1 saturated heterocycles. The fourth-order valence-corrected chi connectivity index (χ4v) is 5.58. The Bertz CT molecular complexity index is 910. The maximum absolute atomic E-state index is 13.2. The summed E-state index contributed by atoms with van der Waals surface area (Å²) in [6, 6.07) is 0. The zero-order chi connectivity index (χ0) is 27.2. The third-order valence-electron chi connectivity index (χ3n) is 7.83. The lowest BCUT2D eigenvalue weighted by Crippen LogP contribution is -2.45. The number of carbonyl (C=O) groups is 2. The molecule has 0 radical (unpaired) electrons. The normalized spacial score (nSPS) is 33.8. The first kappa shape index (κ1) is 30.6. The molecule has 0 aliphatic carbocycles. The Kier molecular flexibility index (Phi) is 11.3. The molecule has 0 spiro atoms. The van der Waals surface area contributed by atoms with Crippen LogP contribution in [-0.4, -0.2) is 58.5 Å². The second-order valence-corrected chi connectivity index (χ2v) is 12.2. The van der Waals surface area contributed by atoms with Gasteiger partial charge in [-0.2, -0.15) is 0 Å². The monoisotopic (exact) mass is 523 g/mol. The van der Waals surface area contributed by atoms with Crippen molar-refractivity contribution in [2.45, 2.75) is 105 Å². The number of ketones is 1. The second kappa shape index (κ2) is 13.3. The van der Waals surface area contributed by atoms with Crippen molar-refractivity contribution in [3.63, 3.8) is 0 Å². The number of carbonyl (C=O) groups excluding carboxylic acids is 2. The Morgan fingerprint density at radius 1 is 1.19 bits per heavy atom. The van der Waals surface area contributed by atoms with Gasteiger partial charge in [0.15, 0.2) is 0 Å². The summed E-state index contributed by atoms with van der Waals surface area (Å²) in [6.45, 7) is 12.9. The van der Waals surface area contributed by atoms with Gasteiger partial charge >= 0.3 is 5.97 Å². The van der Waals surface area contributed by atoms with Gasteiger partial charge in [0.2, 0.25) is 0 Å². The van der Waals surface area contributed by atoms with Crippen molar-refractivity contribution in [2.75, 3.05) is 7.11 Å². The standard InChI is InChI=1S/C28H45NO6S/c1-16-10-9-11-17(2)26(32)19(4)27(33)28(6,7)24(30)14-25(31)35-23(13-22(16)34-8)18(3)12-21-15-36-20(5)29-21/h12,15-17,19,22-24,26,30,32H,9-11,13-14H2,1-8H3/t16-,17-,19+,22-,23-,24?,26-/m0/s1. The van der Waals surface area contributed by atoms with Crippen molar-refractivity contribution in [1.29, 1.82) is 0 Å². The maximum Gasteiger partial charge on any atom is 0.309 e. The predicted octanol–water partition coefficient (Wildman–Crippen LogP) is 4.97. The number of nitrogens with zero attached hydrogens (tertiary/aromatic N) is 1. The summed E-state index contributed by atoms with van der Waals surface area (Å²) >= 11 is 1.56. The fraction of sp³-hybridized carbons (Fsp3) is 0.750. The molecule has 7 atom stereocenters. The van der Waals surface area contributed by atoms with Gasteiger partial charge in [0.1, 0.15) is 11.9 Å². The van der Waals surface area contributed by atoms with Crippen molar-refractivity contribution in [3.05, 3.63) is 21.7 Å². The van der Waals surface area contributed by atoms with E-state index < -0.39 is 35.6 Å². The van der Waals surface area contributed by atoms with Crippen LogP contribution in [0, 0.1) is 30.1 Å². The lowest BCUT2D eigenvalue weighted by Gasteiger charge is -2.35. The van der Waals surface area contributed by atoms with Gasteiger partial charge in [-0.3, -0.25) is 9.59 Å². The van der Waals surface area contributed by atoms with Gasteiger partial charge in [0.05, 0.1) is 40.8 Å². The van der Waals surface area contributed by atoms with E-state index in [0.717, 1.165) is 35.5 Å². The molecule has 0 saturated carbocycles. The zero-order valence-electron chi connectivity index (χ0n) is 23.1. The van der Waals surface area contributed by atoms with E-state index in [-0.39, 0.29) is 30.1 Å². The molecule has 0 bridgehead atoms. The largest absolute Gasteiger partial charge is 0.458 e. The molecule has 2 heterocycles. The highest BCUT2D eigenvalue weighted by atomic mass is 32.1. The van der Waals surface area contributed by atoms with Crippen LogP contribution in [0.25, 0.3) is 6.08 Å². The first-order valence-electron chi connectivity index (χ1n) is 13.0. The molecule has 1 aliphatic rings. The summed E-state index contributed by atoms with van der Waals surface area (Å²) in [5.41, 5.74) is 0.450. The fourth-order valence-electron chi connectivity index (χ4n) is 5.01. The number of aliphatic hydroxyl groups excluding tert-OH is 2.